The van der Waals surface area contributed by atoms with Crippen molar-refractivity contribution in [2.45, 2.75) is 18.4 Å². The van der Waals surface area contributed by atoms with E-state index in [1.807, 2.05) is 0 Å². The van der Waals surface area contributed by atoms with Crippen LogP contribution in [0.15, 0.2) is 24.7 Å². The molecule has 3 rings (SSSR count). The zero-order valence-electron chi connectivity index (χ0n) is 10.3. The predicted molar refractivity (Wildman–Crippen MR) is 68.3 cm³/mol. The topological polar surface area (TPSA) is 110 Å². The lowest BCUT2D eigenvalue weighted by molar-refractivity contribution is 0.102. The number of aliphatic hydroxyl groups excluding tert-OH is 2. The molecule has 0 spiro atoms. The molecule has 100 valence electrons. The molecule has 1 aliphatic rings. The lowest BCUT2D eigenvalue weighted by Gasteiger charge is -2.12. The predicted octanol–water partition coefficient (Wildman–Crippen LogP) is -0.281. The summed E-state index contributed by atoms with van der Waals surface area (Å²) in [6, 6.07) is 0. The highest BCUT2D eigenvalue weighted by molar-refractivity contribution is 5.54. The minimum Gasteiger partial charge on any atom is -0.396 e. The largest absolute Gasteiger partial charge is 0.396 e. The highest BCUT2D eigenvalue weighted by atomic mass is 16.3. The van der Waals surface area contributed by atoms with Gasteiger partial charge in [-0.2, -0.15) is 9.61 Å². The number of nitrogen functional groups attached to an aromatic ring is 1. The van der Waals surface area contributed by atoms with Crippen LogP contribution in [0.25, 0.3) is 5.65 Å². The van der Waals surface area contributed by atoms with Crippen molar-refractivity contribution in [3.8, 4) is 0 Å². The van der Waals surface area contributed by atoms with Crippen molar-refractivity contribution in [2.75, 3.05) is 12.3 Å². The number of aromatic nitrogens is 4. The Morgan fingerprint density at radius 1 is 1.47 bits per heavy atom. The molecule has 2 aromatic rings. The summed E-state index contributed by atoms with van der Waals surface area (Å²) in [5, 5.41) is 23.4. The Morgan fingerprint density at radius 3 is 2.95 bits per heavy atom. The number of hydrogen-bond acceptors (Lipinski definition) is 6. The molecule has 1 saturated carbocycles. The Hall–Kier alpha value is -1.99. The van der Waals surface area contributed by atoms with Gasteiger partial charge in [-0.1, -0.05) is 12.2 Å². The molecule has 0 aliphatic heterocycles. The molecule has 0 amide bonds. The van der Waals surface area contributed by atoms with E-state index in [1.165, 1.54) is 10.8 Å². The minimum absolute atomic E-state index is 0.0704. The van der Waals surface area contributed by atoms with Crippen LogP contribution in [0.1, 0.15) is 17.9 Å². The molecule has 3 atom stereocenters. The van der Waals surface area contributed by atoms with E-state index in [0.717, 1.165) is 11.1 Å². The van der Waals surface area contributed by atoms with E-state index in [1.54, 1.807) is 6.20 Å². The number of aliphatic hydroxyl groups is 2. The van der Waals surface area contributed by atoms with E-state index in [9.17, 15) is 10.2 Å². The van der Waals surface area contributed by atoms with Crippen molar-refractivity contribution in [1.29, 1.82) is 0 Å². The molecule has 2 heterocycles. The first kappa shape index (κ1) is 12.1. The number of nitrogens with zero attached hydrogens (tertiary/aromatic N) is 4. The Labute approximate surface area is 109 Å². The van der Waals surface area contributed by atoms with Gasteiger partial charge in [-0.15, -0.1) is 0 Å². The molecule has 0 aromatic carbocycles. The summed E-state index contributed by atoms with van der Waals surface area (Å²) < 4.78 is 1.46. The van der Waals surface area contributed by atoms with Crippen molar-refractivity contribution >= 4 is 11.6 Å². The molecule has 0 saturated heterocycles. The Bertz CT molecular complexity index is 638. The number of fused-ring (bicyclic) bond motifs is 1. The third kappa shape index (κ3) is 1.70. The standard InChI is InChI=1S/C12H15N5O2/c1-6-7(2-10(19)9(6)4-18)8-3-16-17-11(8)14-5-15-12(17)13/h3,5,7,9-10,18-19H,1-2,4H2,(H2,13,14,15)/t7-,9-,10-/m0/s1. The minimum atomic E-state index is -0.586. The molecule has 0 bridgehead atoms. The summed E-state index contributed by atoms with van der Waals surface area (Å²) in [6.45, 7) is 3.89. The van der Waals surface area contributed by atoms with Crippen molar-refractivity contribution in [3.05, 3.63) is 30.2 Å². The molecule has 4 N–H and O–H groups in total. The summed E-state index contributed by atoms with van der Waals surface area (Å²) in [5.41, 5.74) is 8.00. The summed E-state index contributed by atoms with van der Waals surface area (Å²) in [5.74, 6) is -0.0998. The molecule has 1 aliphatic carbocycles. The highest BCUT2D eigenvalue weighted by Crippen LogP contribution is 2.43. The molecular weight excluding hydrogens is 246 g/mol. The van der Waals surface area contributed by atoms with Gasteiger partial charge >= 0.3 is 0 Å². The number of anilines is 1. The van der Waals surface area contributed by atoms with Crippen LogP contribution in [0.4, 0.5) is 5.95 Å². The first-order valence-electron chi connectivity index (χ1n) is 6.05. The Kier molecular flexibility index (Phi) is 2.72. The van der Waals surface area contributed by atoms with Gasteiger partial charge in [0.1, 0.15) is 6.33 Å². The van der Waals surface area contributed by atoms with Crippen molar-refractivity contribution in [2.24, 2.45) is 5.92 Å². The second-order valence-electron chi connectivity index (χ2n) is 4.79. The van der Waals surface area contributed by atoms with E-state index in [-0.39, 0.29) is 24.4 Å². The maximum Gasteiger partial charge on any atom is 0.224 e. The van der Waals surface area contributed by atoms with Gasteiger partial charge in [0.15, 0.2) is 5.65 Å². The lowest BCUT2D eigenvalue weighted by atomic mass is 9.94. The average Bonchev–Trinajstić information content (AvgIpc) is 2.92. The quantitative estimate of drug-likeness (QED) is 0.641. The van der Waals surface area contributed by atoms with Gasteiger partial charge in [0, 0.05) is 17.4 Å². The van der Waals surface area contributed by atoms with Crippen LogP contribution in [-0.2, 0) is 0 Å². The van der Waals surface area contributed by atoms with Crippen molar-refractivity contribution in [3.63, 3.8) is 0 Å². The van der Waals surface area contributed by atoms with Gasteiger partial charge in [0.2, 0.25) is 5.95 Å². The van der Waals surface area contributed by atoms with E-state index in [0.29, 0.717) is 12.1 Å². The SMILES string of the molecule is C=C1[C@@H](c2cnn3c(N)ncnc23)C[C@H](O)[C@H]1CO. The molecule has 7 heteroatoms. The number of rotatable bonds is 2. The van der Waals surface area contributed by atoms with Crippen molar-refractivity contribution in [1.82, 2.24) is 19.6 Å². The fourth-order valence-corrected chi connectivity index (χ4v) is 2.72. The fraction of sp³-hybridized carbons (Fsp3) is 0.417. The van der Waals surface area contributed by atoms with Crippen LogP contribution in [0.5, 0.6) is 0 Å². The molecule has 2 aromatic heterocycles. The maximum absolute atomic E-state index is 9.95. The molecular formula is C12H15N5O2. The van der Waals surface area contributed by atoms with Gasteiger partial charge in [-0.05, 0) is 6.42 Å². The van der Waals surface area contributed by atoms with Gasteiger partial charge in [0.25, 0.3) is 0 Å². The first-order valence-corrected chi connectivity index (χ1v) is 6.05. The van der Waals surface area contributed by atoms with Crippen LogP contribution in [0.3, 0.4) is 0 Å². The highest BCUT2D eigenvalue weighted by Gasteiger charge is 2.38. The third-order valence-electron chi connectivity index (χ3n) is 3.80. The molecule has 0 radical (unpaired) electrons. The second kappa shape index (κ2) is 4.29. The summed E-state index contributed by atoms with van der Waals surface area (Å²) in [4.78, 5) is 8.05. The summed E-state index contributed by atoms with van der Waals surface area (Å²) in [7, 11) is 0. The van der Waals surface area contributed by atoms with Crippen LogP contribution < -0.4 is 5.73 Å². The zero-order valence-corrected chi connectivity index (χ0v) is 10.3. The summed E-state index contributed by atoms with van der Waals surface area (Å²) >= 11 is 0. The first-order chi connectivity index (χ1) is 9.13. The molecule has 19 heavy (non-hydrogen) atoms. The lowest BCUT2D eigenvalue weighted by Crippen LogP contribution is -2.17. The van der Waals surface area contributed by atoms with Crippen LogP contribution in [-0.4, -0.2) is 42.5 Å². The second-order valence-corrected chi connectivity index (χ2v) is 4.79. The van der Waals surface area contributed by atoms with E-state index in [4.69, 9.17) is 5.73 Å². The monoisotopic (exact) mass is 261 g/mol. The normalized spacial score (nSPS) is 27.3. The van der Waals surface area contributed by atoms with Gasteiger partial charge in [0.05, 0.1) is 18.9 Å². The van der Waals surface area contributed by atoms with Gasteiger partial charge < -0.3 is 15.9 Å². The smallest absolute Gasteiger partial charge is 0.224 e. The fourth-order valence-electron chi connectivity index (χ4n) is 2.72. The summed E-state index contributed by atoms with van der Waals surface area (Å²) in [6.07, 6.45) is 2.97. The van der Waals surface area contributed by atoms with Gasteiger partial charge in [-0.3, -0.25) is 0 Å². The number of hydrogen-bond donors (Lipinski definition) is 3. The third-order valence-corrected chi connectivity index (χ3v) is 3.80. The Balaban J connectivity index is 2.06. The van der Waals surface area contributed by atoms with Gasteiger partial charge in [-0.25, -0.2) is 9.97 Å². The van der Waals surface area contributed by atoms with E-state index >= 15 is 0 Å². The van der Waals surface area contributed by atoms with Crippen LogP contribution in [0, 0.1) is 5.92 Å². The van der Waals surface area contributed by atoms with Crippen LogP contribution in [0.2, 0.25) is 0 Å². The zero-order chi connectivity index (χ0) is 13.6. The number of nitrogens with two attached hydrogens (primary N) is 1. The van der Waals surface area contributed by atoms with E-state index < -0.39 is 6.10 Å². The maximum atomic E-state index is 9.95. The van der Waals surface area contributed by atoms with E-state index in [2.05, 4.69) is 21.6 Å². The van der Waals surface area contributed by atoms with Crippen LogP contribution >= 0.6 is 0 Å². The molecule has 1 fully saturated rings. The Morgan fingerprint density at radius 2 is 2.26 bits per heavy atom. The molecule has 0 unspecified atom stereocenters. The average molecular weight is 261 g/mol. The molecule has 7 nitrogen and oxygen atoms in total. The van der Waals surface area contributed by atoms with Crippen molar-refractivity contribution < 1.29 is 10.2 Å².